The van der Waals surface area contributed by atoms with Crippen molar-refractivity contribution in [3.05, 3.63) is 21.3 Å². The number of rotatable bonds is 5. The summed E-state index contributed by atoms with van der Waals surface area (Å²) >= 11 is 8.16. The second kappa shape index (κ2) is 6.97. The minimum absolute atomic E-state index is 0.0429. The first-order valence-electron chi connectivity index (χ1n) is 7.92. The number of hydrogen-bond acceptors (Lipinski definition) is 4. The number of thiophene rings is 1. The maximum atomic E-state index is 6.40. The maximum Gasteiger partial charge on any atom is 0.0940 e. The van der Waals surface area contributed by atoms with E-state index < -0.39 is 0 Å². The van der Waals surface area contributed by atoms with E-state index in [4.69, 9.17) is 21.1 Å². The fourth-order valence-electron chi connectivity index (χ4n) is 3.51. The molecule has 0 aromatic carbocycles. The molecule has 1 N–H and O–H groups in total. The van der Waals surface area contributed by atoms with Crippen LogP contribution in [0.2, 0.25) is 5.02 Å². The zero-order chi connectivity index (χ0) is 14.7. The van der Waals surface area contributed by atoms with Gasteiger partial charge in [0.2, 0.25) is 0 Å². The lowest BCUT2D eigenvalue weighted by molar-refractivity contribution is -0.103. The average molecular weight is 330 g/mol. The summed E-state index contributed by atoms with van der Waals surface area (Å²) in [6.45, 7) is 5.65. The van der Waals surface area contributed by atoms with E-state index in [2.05, 4.69) is 17.6 Å². The molecule has 3 nitrogen and oxygen atoms in total. The first-order chi connectivity index (χ1) is 10.2. The quantitative estimate of drug-likeness (QED) is 0.884. The lowest BCUT2D eigenvalue weighted by atomic mass is 9.80. The number of halogens is 1. The zero-order valence-corrected chi connectivity index (χ0v) is 14.1. The van der Waals surface area contributed by atoms with Crippen LogP contribution in [0.5, 0.6) is 0 Å². The van der Waals surface area contributed by atoms with Gasteiger partial charge in [0.05, 0.1) is 17.2 Å². The summed E-state index contributed by atoms with van der Waals surface area (Å²) in [4.78, 5) is 1.28. The zero-order valence-electron chi connectivity index (χ0n) is 12.6. The molecule has 1 aromatic rings. The third kappa shape index (κ3) is 3.45. The highest BCUT2D eigenvalue weighted by atomic mass is 35.5. The average Bonchev–Trinajstić information content (AvgIpc) is 3.10. The van der Waals surface area contributed by atoms with Crippen LogP contribution in [-0.4, -0.2) is 32.0 Å². The molecule has 2 aliphatic rings. The van der Waals surface area contributed by atoms with E-state index in [9.17, 15) is 0 Å². The Balaban J connectivity index is 1.77. The van der Waals surface area contributed by atoms with E-state index in [1.807, 2.05) is 6.07 Å². The van der Waals surface area contributed by atoms with Crippen molar-refractivity contribution >= 4 is 22.9 Å². The molecule has 2 aliphatic heterocycles. The van der Waals surface area contributed by atoms with Crippen LogP contribution < -0.4 is 5.32 Å². The van der Waals surface area contributed by atoms with E-state index in [1.165, 1.54) is 4.88 Å². The SMILES string of the molecule is CCCNC(c1sccc1Cl)C1CCOC2(CCOC2)C1. The minimum atomic E-state index is -0.0429. The van der Waals surface area contributed by atoms with Gasteiger partial charge in [-0.15, -0.1) is 11.3 Å². The summed E-state index contributed by atoms with van der Waals surface area (Å²) in [6, 6.07) is 2.36. The minimum Gasteiger partial charge on any atom is -0.378 e. The number of ether oxygens (including phenoxy) is 2. The molecule has 5 heteroatoms. The summed E-state index contributed by atoms with van der Waals surface area (Å²) in [5.74, 6) is 0.572. The first-order valence-corrected chi connectivity index (χ1v) is 9.18. The number of hydrogen-bond donors (Lipinski definition) is 1. The van der Waals surface area contributed by atoms with Crippen molar-refractivity contribution < 1.29 is 9.47 Å². The van der Waals surface area contributed by atoms with Crippen LogP contribution in [-0.2, 0) is 9.47 Å². The van der Waals surface area contributed by atoms with Gasteiger partial charge in [0.25, 0.3) is 0 Å². The van der Waals surface area contributed by atoms with Crippen molar-refractivity contribution in [1.29, 1.82) is 0 Å². The molecule has 1 spiro atoms. The topological polar surface area (TPSA) is 30.5 Å². The van der Waals surface area contributed by atoms with E-state index in [0.717, 1.165) is 57.1 Å². The summed E-state index contributed by atoms with van der Waals surface area (Å²) in [5.41, 5.74) is -0.0429. The van der Waals surface area contributed by atoms with Gasteiger partial charge >= 0.3 is 0 Å². The van der Waals surface area contributed by atoms with Crippen molar-refractivity contribution in [1.82, 2.24) is 5.32 Å². The Bertz CT molecular complexity index is 459. The van der Waals surface area contributed by atoms with Crippen LogP contribution >= 0.6 is 22.9 Å². The molecule has 3 rings (SSSR count). The molecule has 2 fully saturated rings. The Kier molecular flexibility index (Phi) is 5.23. The molecular weight excluding hydrogens is 306 g/mol. The van der Waals surface area contributed by atoms with Gasteiger partial charge in [-0.3, -0.25) is 0 Å². The van der Waals surface area contributed by atoms with E-state index in [0.29, 0.717) is 12.0 Å². The maximum absolute atomic E-state index is 6.40. The van der Waals surface area contributed by atoms with Crippen molar-refractivity contribution in [3.8, 4) is 0 Å². The highest BCUT2D eigenvalue weighted by Gasteiger charge is 2.43. The van der Waals surface area contributed by atoms with Crippen LogP contribution in [0.4, 0.5) is 0 Å². The van der Waals surface area contributed by atoms with Crippen molar-refractivity contribution in [3.63, 3.8) is 0 Å². The van der Waals surface area contributed by atoms with Gasteiger partial charge in [-0.25, -0.2) is 0 Å². The van der Waals surface area contributed by atoms with Crippen LogP contribution in [0.3, 0.4) is 0 Å². The van der Waals surface area contributed by atoms with Crippen LogP contribution in [0.25, 0.3) is 0 Å². The molecule has 2 saturated heterocycles. The second-order valence-corrected chi connectivity index (χ2v) is 7.51. The van der Waals surface area contributed by atoms with Crippen LogP contribution in [0, 0.1) is 5.92 Å². The highest BCUT2D eigenvalue weighted by Crippen LogP contribution is 2.43. The van der Waals surface area contributed by atoms with Crippen molar-refractivity contribution in [2.45, 2.75) is 44.2 Å². The molecule has 118 valence electrons. The van der Waals surface area contributed by atoms with Crippen molar-refractivity contribution in [2.24, 2.45) is 5.92 Å². The Morgan fingerprint density at radius 1 is 1.52 bits per heavy atom. The van der Waals surface area contributed by atoms with E-state index in [1.54, 1.807) is 11.3 Å². The summed E-state index contributed by atoms with van der Waals surface area (Å²) in [7, 11) is 0. The molecule has 0 radical (unpaired) electrons. The number of nitrogens with one attached hydrogen (secondary N) is 1. The molecule has 0 bridgehead atoms. The molecule has 1 aromatic heterocycles. The van der Waals surface area contributed by atoms with Gasteiger partial charge in [-0.05, 0) is 43.2 Å². The fraction of sp³-hybridized carbons (Fsp3) is 0.750. The Morgan fingerprint density at radius 3 is 3.10 bits per heavy atom. The monoisotopic (exact) mass is 329 g/mol. The van der Waals surface area contributed by atoms with Gasteiger partial charge in [0.1, 0.15) is 0 Å². The first kappa shape index (κ1) is 15.8. The van der Waals surface area contributed by atoms with Gasteiger partial charge in [-0.2, -0.15) is 0 Å². The van der Waals surface area contributed by atoms with Crippen LogP contribution in [0.1, 0.15) is 43.5 Å². The van der Waals surface area contributed by atoms with Crippen molar-refractivity contribution in [2.75, 3.05) is 26.4 Å². The third-order valence-corrected chi connectivity index (χ3v) is 6.05. The van der Waals surface area contributed by atoms with Gasteiger partial charge < -0.3 is 14.8 Å². The largest absolute Gasteiger partial charge is 0.378 e. The molecular formula is C16H24ClNO2S. The molecule has 0 amide bonds. The molecule has 3 heterocycles. The second-order valence-electron chi connectivity index (χ2n) is 6.15. The van der Waals surface area contributed by atoms with Gasteiger partial charge in [0.15, 0.2) is 0 Å². The molecule has 0 saturated carbocycles. The Morgan fingerprint density at radius 2 is 2.43 bits per heavy atom. The molecule has 0 aliphatic carbocycles. The Labute approximate surface area is 136 Å². The lowest BCUT2D eigenvalue weighted by Gasteiger charge is -2.40. The van der Waals surface area contributed by atoms with Gasteiger partial charge in [0, 0.05) is 30.6 Å². The molecule has 21 heavy (non-hydrogen) atoms. The smallest absolute Gasteiger partial charge is 0.0940 e. The summed E-state index contributed by atoms with van der Waals surface area (Å²) < 4.78 is 11.7. The predicted molar refractivity (Wildman–Crippen MR) is 87.2 cm³/mol. The highest BCUT2D eigenvalue weighted by molar-refractivity contribution is 7.10. The normalized spacial score (nSPS) is 30.9. The Hall–Kier alpha value is -0.130. The standard InChI is InChI=1S/C16H24ClNO2S/c1-2-6-18-14(15-13(17)4-9-21-15)12-3-7-20-16(10-12)5-8-19-11-16/h4,9,12,14,18H,2-3,5-8,10-11H2,1H3. The van der Waals surface area contributed by atoms with E-state index >= 15 is 0 Å². The third-order valence-electron chi connectivity index (χ3n) is 4.61. The van der Waals surface area contributed by atoms with Gasteiger partial charge in [-0.1, -0.05) is 18.5 Å². The van der Waals surface area contributed by atoms with E-state index in [-0.39, 0.29) is 5.60 Å². The molecule has 3 atom stereocenters. The fourth-order valence-corrected chi connectivity index (χ4v) is 4.86. The summed E-state index contributed by atoms with van der Waals surface area (Å²) in [6.07, 6.45) is 4.33. The summed E-state index contributed by atoms with van der Waals surface area (Å²) in [5, 5.41) is 6.71. The molecule has 3 unspecified atom stereocenters. The van der Waals surface area contributed by atoms with Crippen LogP contribution in [0.15, 0.2) is 11.4 Å². The predicted octanol–water partition coefficient (Wildman–Crippen LogP) is 4.03. The lowest BCUT2D eigenvalue weighted by Crippen LogP contribution is -2.44.